The second kappa shape index (κ2) is 5.13. The van der Waals surface area contributed by atoms with E-state index >= 15 is 0 Å². The van der Waals surface area contributed by atoms with Gasteiger partial charge in [-0.2, -0.15) is 0 Å². The molecule has 2 aromatic rings. The van der Waals surface area contributed by atoms with E-state index in [4.69, 9.17) is 0 Å². The third kappa shape index (κ3) is 2.55. The van der Waals surface area contributed by atoms with Gasteiger partial charge in [0.15, 0.2) is 5.78 Å². The maximum Gasteiger partial charge on any atom is 0.160 e. The van der Waals surface area contributed by atoms with Gasteiger partial charge in [0.05, 0.1) is 0 Å². The Hall–Kier alpha value is -1.63. The van der Waals surface area contributed by atoms with Gasteiger partial charge in [0, 0.05) is 5.56 Å². The number of ketones is 1. The summed E-state index contributed by atoms with van der Waals surface area (Å²) < 4.78 is 0. The Morgan fingerprint density at radius 3 is 2.35 bits per heavy atom. The fraction of sp³-hybridized carbons (Fsp3) is 0.312. The Kier molecular flexibility index (Phi) is 3.58. The Morgan fingerprint density at radius 1 is 1.12 bits per heavy atom. The van der Waals surface area contributed by atoms with Crippen LogP contribution < -0.4 is 0 Å². The summed E-state index contributed by atoms with van der Waals surface area (Å²) in [6, 6.07) is 12.4. The lowest BCUT2D eigenvalue weighted by Crippen LogP contribution is -2.00. The number of fused-ring (bicyclic) bond motifs is 1. The second-order valence-electron chi connectivity index (χ2n) is 4.52. The van der Waals surface area contributed by atoms with Gasteiger partial charge in [-0.05, 0) is 42.2 Å². The van der Waals surface area contributed by atoms with E-state index in [-0.39, 0.29) is 5.78 Å². The molecule has 1 nitrogen and oxygen atoms in total. The van der Waals surface area contributed by atoms with Gasteiger partial charge in [0.2, 0.25) is 0 Å². The summed E-state index contributed by atoms with van der Waals surface area (Å²) in [5.74, 6) is 0.168. The molecule has 0 atom stereocenters. The van der Waals surface area contributed by atoms with Crippen molar-refractivity contribution in [3.05, 3.63) is 47.5 Å². The van der Waals surface area contributed by atoms with Gasteiger partial charge >= 0.3 is 0 Å². The molecule has 0 bridgehead atoms. The van der Waals surface area contributed by atoms with Crippen molar-refractivity contribution in [2.75, 3.05) is 0 Å². The summed E-state index contributed by atoms with van der Waals surface area (Å²) in [5, 5.41) is 2.38. The summed E-state index contributed by atoms with van der Waals surface area (Å²) in [6.45, 7) is 3.83. The van der Waals surface area contributed by atoms with Gasteiger partial charge in [-0.1, -0.05) is 43.7 Å². The molecule has 0 N–H and O–H groups in total. The van der Waals surface area contributed by atoms with Crippen LogP contribution in [0.3, 0.4) is 0 Å². The van der Waals surface area contributed by atoms with Gasteiger partial charge in [0.1, 0.15) is 0 Å². The summed E-state index contributed by atoms with van der Waals surface area (Å²) in [7, 11) is 0. The number of aryl methyl sites for hydroxylation is 1. The molecule has 1 heteroatoms. The van der Waals surface area contributed by atoms with Crippen LogP contribution in [0.4, 0.5) is 0 Å². The molecule has 0 saturated carbocycles. The molecule has 2 rings (SSSR count). The maximum absolute atomic E-state index is 11.7. The van der Waals surface area contributed by atoms with Crippen LogP contribution in [0.1, 0.15) is 42.6 Å². The van der Waals surface area contributed by atoms with Crippen LogP contribution in [0.25, 0.3) is 10.8 Å². The summed E-state index contributed by atoms with van der Waals surface area (Å²) in [5.41, 5.74) is 2.08. The highest BCUT2D eigenvalue weighted by atomic mass is 16.1. The Balaban J connectivity index is 2.54. The fourth-order valence-electron chi connectivity index (χ4n) is 2.19. The first kappa shape index (κ1) is 11.8. The molecule has 0 amide bonds. The van der Waals surface area contributed by atoms with Gasteiger partial charge < -0.3 is 0 Å². The first-order valence-electron chi connectivity index (χ1n) is 6.25. The lowest BCUT2D eigenvalue weighted by atomic mass is 9.95. The van der Waals surface area contributed by atoms with Crippen LogP contribution in [-0.4, -0.2) is 5.78 Å². The van der Waals surface area contributed by atoms with E-state index in [9.17, 15) is 4.79 Å². The molecule has 2 aromatic carbocycles. The molecule has 0 aliphatic heterocycles. The quantitative estimate of drug-likeness (QED) is 0.707. The monoisotopic (exact) mass is 226 g/mol. The van der Waals surface area contributed by atoms with E-state index in [1.807, 2.05) is 18.2 Å². The van der Waals surface area contributed by atoms with Gasteiger partial charge in [-0.25, -0.2) is 0 Å². The smallest absolute Gasteiger partial charge is 0.160 e. The lowest BCUT2D eigenvalue weighted by Gasteiger charge is -2.09. The highest BCUT2D eigenvalue weighted by molar-refractivity contribution is 6.00. The van der Waals surface area contributed by atoms with Crippen molar-refractivity contribution in [3.8, 4) is 0 Å². The first-order valence-corrected chi connectivity index (χ1v) is 6.25. The molecule has 17 heavy (non-hydrogen) atoms. The third-order valence-electron chi connectivity index (χ3n) is 3.15. The second-order valence-corrected chi connectivity index (χ2v) is 4.52. The van der Waals surface area contributed by atoms with E-state index in [0.717, 1.165) is 30.2 Å². The van der Waals surface area contributed by atoms with E-state index in [2.05, 4.69) is 25.1 Å². The van der Waals surface area contributed by atoms with E-state index in [1.165, 1.54) is 10.9 Å². The number of carbonyl (C=O) groups is 1. The Labute approximate surface area is 102 Å². The molecule has 0 radical (unpaired) electrons. The summed E-state index contributed by atoms with van der Waals surface area (Å²) in [6.07, 6.45) is 3.29. The van der Waals surface area contributed by atoms with Crippen molar-refractivity contribution in [2.45, 2.75) is 33.1 Å². The predicted molar refractivity (Wildman–Crippen MR) is 72.6 cm³/mol. The zero-order chi connectivity index (χ0) is 12.3. The predicted octanol–water partition coefficient (Wildman–Crippen LogP) is 4.39. The molecule has 0 spiro atoms. The van der Waals surface area contributed by atoms with E-state index in [1.54, 1.807) is 6.92 Å². The average Bonchev–Trinajstić information content (AvgIpc) is 2.35. The topological polar surface area (TPSA) is 17.1 Å². The zero-order valence-electron chi connectivity index (χ0n) is 10.5. The largest absolute Gasteiger partial charge is 0.295 e. The molecular weight excluding hydrogens is 208 g/mol. The molecule has 88 valence electrons. The molecule has 0 aliphatic rings. The van der Waals surface area contributed by atoms with Gasteiger partial charge in [0.25, 0.3) is 0 Å². The van der Waals surface area contributed by atoms with E-state index in [0.29, 0.717) is 0 Å². The van der Waals surface area contributed by atoms with Crippen molar-refractivity contribution >= 4 is 16.6 Å². The number of carbonyl (C=O) groups excluding carboxylic acids is 1. The SMILES string of the molecule is CCCCc1cc2ccccc2cc1C(C)=O. The van der Waals surface area contributed by atoms with Crippen molar-refractivity contribution in [3.63, 3.8) is 0 Å². The highest BCUT2D eigenvalue weighted by Crippen LogP contribution is 2.22. The Bertz CT molecular complexity index is 540. The van der Waals surface area contributed by atoms with Crippen molar-refractivity contribution in [1.82, 2.24) is 0 Å². The minimum Gasteiger partial charge on any atom is -0.295 e. The number of hydrogen-bond acceptors (Lipinski definition) is 1. The molecule has 0 aromatic heterocycles. The minimum absolute atomic E-state index is 0.168. The first-order chi connectivity index (χ1) is 8.22. The van der Waals surface area contributed by atoms with Crippen LogP contribution in [0.5, 0.6) is 0 Å². The molecule has 0 heterocycles. The molecule has 0 fully saturated rings. The highest BCUT2D eigenvalue weighted by Gasteiger charge is 2.08. The lowest BCUT2D eigenvalue weighted by molar-refractivity contribution is 0.101. The van der Waals surface area contributed by atoms with Gasteiger partial charge in [-0.15, -0.1) is 0 Å². The average molecular weight is 226 g/mol. The van der Waals surface area contributed by atoms with Crippen LogP contribution in [0.2, 0.25) is 0 Å². The normalized spacial score (nSPS) is 10.7. The van der Waals surface area contributed by atoms with Crippen LogP contribution in [-0.2, 0) is 6.42 Å². The standard InChI is InChI=1S/C16H18O/c1-3-4-7-15-10-13-8-5-6-9-14(13)11-16(15)12(2)17/h5-6,8-11H,3-4,7H2,1-2H3. The van der Waals surface area contributed by atoms with Crippen molar-refractivity contribution < 1.29 is 4.79 Å². The van der Waals surface area contributed by atoms with Gasteiger partial charge in [-0.3, -0.25) is 4.79 Å². The summed E-state index contributed by atoms with van der Waals surface area (Å²) >= 11 is 0. The number of unbranched alkanes of at least 4 members (excludes halogenated alkanes) is 1. The van der Waals surface area contributed by atoms with Crippen LogP contribution in [0, 0.1) is 0 Å². The number of Topliss-reactive ketones (excluding diaryl/α,β-unsaturated/α-hetero) is 1. The Morgan fingerprint density at radius 2 is 1.76 bits per heavy atom. The van der Waals surface area contributed by atoms with Crippen molar-refractivity contribution in [2.24, 2.45) is 0 Å². The molecule has 0 saturated heterocycles. The number of rotatable bonds is 4. The van der Waals surface area contributed by atoms with Crippen LogP contribution in [0.15, 0.2) is 36.4 Å². The minimum atomic E-state index is 0.168. The fourth-order valence-corrected chi connectivity index (χ4v) is 2.19. The third-order valence-corrected chi connectivity index (χ3v) is 3.15. The van der Waals surface area contributed by atoms with Crippen molar-refractivity contribution in [1.29, 1.82) is 0 Å². The maximum atomic E-state index is 11.7. The summed E-state index contributed by atoms with van der Waals surface area (Å²) in [4.78, 5) is 11.7. The molecular formula is C16H18O. The molecule has 0 unspecified atom stereocenters. The number of benzene rings is 2. The van der Waals surface area contributed by atoms with Crippen LogP contribution >= 0.6 is 0 Å². The van der Waals surface area contributed by atoms with E-state index < -0.39 is 0 Å². The molecule has 0 aliphatic carbocycles. The zero-order valence-corrected chi connectivity index (χ0v) is 10.5. The number of hydrogen-bond donors (Lipinski definition) is 0.